The summed E-state index contributed by atoms with van der Waals surface area (Å²) < 4.78 is 17.7. The second-order valence-electron chi connectivity index (χ2n) is 9.36. The lowest BCUT2D eigenvalue weighted by Gasteiger charge is -2.24. The SMILES string of the molecule is CCCCOc1ccc(C2C(C(=O)c3ccco3)=C(O)C(=O)N2c2nnc(SCc3ccc(Cl)cc3Cl)s2)cc1OCC. The normalized spacial score (nSPS) is 14.9. The van der Waals surface area contributed by atoms with E-state index in [0.29, 0.717) is 50.4 Å². The van der Waals surface area contributed by atoms with Crippen LogP contribution in [0.5, 0.6) is 11.5 Å². The lowest BCUT2D eigenvalue weighted by molar-refractivity contribution is -0.117. The van der Waals surface area contributed by atoms with E-state index in [2.05, 4.69) is 17.1 Å². The fraction of sp³-hybridized carbons (Fsp3) is 0.267. The van der Waals surface area contributed by atoms with Crippen LogP contribution >= 0.6 is 46.3 Å². The van der Waals surface area contributed by atoms with Crippen LogP contribution in [0.1, 0.15) is 54.4 Å². The van der Waals surface area contributed by atoms with Gasteiger partial charge in [0.2, 0.25) is 10.9 Å². The minimum absolute atomic E-state index is 0.0147. The van der Waals surface area contributed by atoms with Crippen molar-refractivity contribution in [3.8, 4) is 11.5 Å². The van der Waals surface area contributed by atoms with Crippen molar-refractivity contribution < 1.29 is 28.6 Å². The van der Waals surface area contributed by atoms with Crippen LogP contribution in [0.3, 0.4) is 0 Å². The van der Waals surface area contributed by atoms with E-state index in [9.17, 15) is 14.7 Å². The summed E-state index contributed by atoms with van der Waals surface area (Å²) in [5.74, 6) is -0.629. The zero-order valence-electron chi connectivity index (χ0n) is 23.2. The average molecular weight is 661 g/mol. The quantitative estimate of drug-likeness (QED) is 0.0658. The van der Waals surface area contributed by atoms with Crippen molar-refractivity contribution in [2.45, 2.75) is 42.8 Å². The molecule has 2 aromatic heterocycles. The second-order valence-corrected chi connectivity index (χ2v) is 12.4. The van der Waals surface area contributed by atoms with Gasteiger partial charge in [0.05, 0.1) is 31.1 Å². The van der Waals surface area contributed by atoms with Crippen molar-refractivity contribution in [3.63, 3.8) is 0 Å². The number of aromatic nitrogens is 2. The van der Waals surface area contributed by atoms with Crippen LogP contribution in [-0.4, -0.2) is 40.2 Å². The third kappa shape index (κ3) is 6.70. The summed E-state index contributed by atoms with van der Waals surface area (Å²) >= 11 is 14.9. The van der Waals surface area contributed by atoms with E-state index in [1.807, 2.05) is 13.0 Å². The minimum atomic E-state index is -1.04. The molecule has 13 heteroatoms. The van der Waals surface area contributed by atoms with Crippen LogP contribution in [0.2, 0.25) is 10.0 Å². The minimum Gasteiger partial charge on any atom is -0.503 e. The monoisotopic (exact) mass is 659 g/mol. The number of ketones is 1. The van der Waals surface area contributed by atoms with E-state index < -0.39 is 23.5 Å². The molecule has 0 aliphatic carbocycles. The van der Waals surface area contributed by atoms with E-state index in [-0.39, 0.29) is 16.5 Å². The van der Waals surface area contributed by atoms with Gasteiger partial charge in [-0.2, -0.15) is 0 Å². The fourth-order valence-corrected chi connectivity index (χ4v) is 6.86. The Balaban J connectivity index is 1.51. The number of aliphatic hydroxyl groups is 1. The number of ether oxygens (including phenoxy) is 2. The molecule has 9 nitrogen and oxygen atoms in total. The highest BCUT2D eigenvalue weighted by Crippen LogP contribution is 2.45. The van der Waals surface area contributed by atoms with E-state index in [1.54, 1.807) is 36.4 Å². The maximum atomic E-state index is 13.6. The van der Waals surface area contributed by atoms with Gasteiger partial charge in [-0.25, -0.2) is 0 Å². The standard InChI is InChI=1S/C30H27Cl2N3O6S2/c1-3-5-12-40-21-11-9-17(14-23(21)39-4-2)25-24(26(36)22-7-6-13-41-22)27(37)28(38)35(25)29-33-34-30(43-29)42-16-18-8-10-19(31)15-20(18)32/h6-11,13-15,25,37H,3-5,12,16H2,1-2H3. The molecule has 1 N–H and O–H groups in total. The molecule has 0 fully saturated rings. The number of furan rings is 1. The molecule has 1 aliphatic heterocycles. The Morgan fingerprint density at radius 3 is 2.67 bits per heavy atom. The predicted molar refractivity (Wildman–Crippen MR) is 167 cm³/mol. The zero-order valence-corrected chi connectivity index (χ0v) is 26.4. The van der Waals surface area contributed by atoms with Gasteiger partial charge in [-0.1, -0.05) is 71.8 Å². The lowest BCUT2D eigenvalue weighted by atomic mass is 9.95. The highest BCUT2D eigenvalue weighted by atomic mass is 35.5. The molecule has 5 rings (SSSR count). The smallest absolute Gasteiger partial charge is 0.296 e. The van der Waals surface area contributed by atoms with Gasteiger partial charge in [-0.3, -0.25) is 14.5 Å². The van der Waals surface area contributed by atoms with E-state index in [0.717, 1.165) is 29.7 Å². The number of nitrogens with zero attached hydrogens (tertiary/aromatic N) is 3. The van der Waals surface area contributed by atoms with Crippen LogP contribution in [0.4, 0.5) is 5.13 Å². The Bertz CT molecular complexity index is 1660. The molecule has 0 spiro atoms. The van der Waals surface area contributed by atoms with Gasteiger partial charge >= 0.3 is 0 Å². The summed E-state index contributed by atoms with van der Waals surface area (Å²) in [6.07, 6.45) is 3.20. The topological polar surface area (TPSA) is 115 Å². The number of hydrogen-bond acceptors (Lipinski definition) is 10. The lowest BCUT2D eigenvalue weighted by Crippen LogP contribution is -2.31. The number of thioether (sulfide) groups is 1. The number of anilines is 1. The van der Waals surface area contributed by atoms with Crippen molar-refractivity contribution in [1.82, 2.24) is 10.2 Å². The molecule has 1 atom stereocenters. The first kappa shape index (κ1) is 30.9. The number of Topliss-reactive ketones (excluding diaryl/α,β-unsaturated/α-hetero) is 1. The van der Waals surface area contributed by atoms with Crippen molar-refractivity contribution in [2.75, 3.05) is 18.1 Å². The molecule has 0 saturated carbocycles. The summed E-state index contributed by atoms with van der Waals surface area (Å²) in [5, 5.41) is 20.9. The van der Waals surface area contributed by atoms with Crippen LogP contribution in [0.25, 0.3) is 0 Å². The maximum absolute atomic E-state index is 13.6. The number of rotatable bonds is 13. The third-order valence-corrected chi connectivity index (χ3v) is 9.20. The van der Waals surface area contributed by atoms with Gasteiger partial charge in [0.25, 0.3) is 5.91 Å². The van der Waals surface area contributed by atoms with E-state index >= 15 is 0 Å². The number of carbonyl (C=O) groups excluding carboxylic acids is 2. The average Bonchev–Trinajstić information content (AvgIpc) is 3.74. The summed E-state index contributed by atoms with van der Waals surface area (Å²) in [6.45, 7) is 4.81. The molecule has 2 aromatic carbocycles. The van der Waals surface area contributed by atoms with Gasteiger partial charge in [-0.05, 0) is 60.9 Å². The summed E-state index contributed by atoms with van der Waals surface area (Å²) in [6, 6.07) is 12.4. The second kappa shape index (κ2) is 13.9. The van der Waals surface area contributed by atoms with Gasteiger partial charge < -0.3 is 19.0 Å². The Morgan fingerprint density at radius 1 is 1.12 bits per heavy atom. The van der Waals surface area contributed by atoms with Crippen LogP contribution in [0.15, 0.2) is 74.9 Å². The van der Waals surface area contributed by atoms with Crippen molar-refractivity contribution in [3.05, 3.63) is 93.1 Å². The van der Waals surface area contributed by atoms with Crippen molar-refractivity contribution in [1.29, 1.82) is 0 Å². The molecule has 0 bridgehead atoms. The van der Waals surface area contributed by atoms with Crippen LogP contribution in [0, 0.1) is 0 Å². The van der Waals surface area contributed by atoms with Crippen LogP contribution in [-0.2, 0) is 10.5 Å². The number of benzene rings is 2. The first-order valence-electron chi connectivity index (χ1n) is 13.5. The summed E-state index contributed by atoms with van der Waals surface area (Å²) in [5.41, 5.74) is 1.23. The first-order valence-corrected chi connectivity index (χ1v) is 16.0. The highest BCUT2D eigenvalue weighted by molar-refractivity contribution is 8.00. The highest BCUT2D eigenvalue weighted by Gasteiger charge is 2.47. The summed E-state index contributed by atoms with van der Waals surface area (Å²) in [4.78, 5) is 28.4. The van der Waals surface area contributed by atoms with Gasteiger partial charge in [0, 0.05) is 15.8 Å². The molecular formula is C30H27Cl2N3O6S2. The van der Waals surface area contributed by atoms with Gasteiger partial charge in [-0.15, -0.1) is 10.2 Å². The molecule has 224 valence electrons. The predicted octanol–water partition coefficient (Wildman–Crippen LogP) is 8.09. The maximum Gasteiger partial charge on any atom is 0.296 e. The number of hydrogen-bond donors (Lipinski definition) is 1. The molecule has 3 heterocycles. The fourth-order valence-electron chi connectivity index (χ4n) is 4.44. The van der Waals surface area contributed by atoms with Gasteiger partial charge in [0.1, 0.15) is 0 Å². The first-order chi connectivity index (χ1) is 20.8. The van der Waals surface area contributed by atoms with Crippen molar-refractivity contribution in [2.24, 2.45) is 0 Å². The largest absolute Gasteiger partial charge is 0.503 e. The molecule has 1 aliphatic rings. The zero-order chi connectivity index (χ0) is 30.5. The van der Waals surface area contributed by atoms with Crippen molar-refractivity contribution >= 4 is 63.1 Å². The summed E-state index contributed by atoms with van der Waals surface area (Å²) in [7, 11) is 0. The number of halogens is 2. The Hall–Kier alpha value is -3.51. The van der Waals surface area contributed by atoms with E-state index in [4.69, 9.17) is 37.1 Å². The number of unbranched alkanes of at least 4 members (excludes halogenated alkanes) is 1. The Morgan fingerprint density at radius 2 is 1.95 bits per heavy atom. The molecule has 1 unspecified atom stereocenters. The Kier molecular flexibility index (Phi) is 9.97. The molecule has 0 saturated heterocycles. The van der Waals surface area contributed by atoms with Gasteiger partial charge in [0.15, 0.2) is 27.4 Å². The molecule has 0 radical (unpaired) electrons. The van der Waals surface area contributed by atoms with E-state index in [1.165, 1.54) is 29.0 Å². The number of carbonyl (C=O) groups is 2. The molecule has 4 aromatic rings. The molecular weight excluding hydrogens is 633 g/mol. The Labute approximate surface area is 266 Å². The number of amides is 1. The molecule has 1 amide bonds. The third-order valence-electron chi connectivity index (χ3n) is 6.50. The number of aliphatic hydroxyl groups excluding tert-OH is 1. The molecule has 43 heavy (non-hydrogen) atoms. The van der Waals surface area contributed by atoms with Crippen LogP contribution < -0.4 is 14.4 Å².